The summed E-state index contributed by atoms with van der Waals surface area (Å²) in [7, 11) is -1.29. The molecule has 0 bridgehead atoms. The van der Waals surface area contributed by atoms with Crippen LogP contribution in [-0.4, -0.2) is 44.1 Å². The maximum atomic E-state index is 9.44. The molecule has 0 amide bonds. The minimum absolute atomic E-state index is 0.104. The van der Waals surface area contributed by atoms with Crippen molar-refractivity contribution in [2.75, 3.05) is 19.7 Å². The van der Waals surface area contributed by atoms with Crippen LogP contribution >= 0.6 is 0 Å². The first-order valence-electron chi connectivity index (χ1n) is 4.95. The molecule has 0 aromatic heterocycles. The molecule has 14 heavy (non-hydrogen) atoms. The zero-order valence-corrected chi connectivity index (χ0v) is 10.3. The van der Waals surface area contributed by atoms with Gasteiger partial charge in [-0.05, 0) is 0 Å². The lowest BCUT2D eigenvalue weighted by molar-refractivity contribution is 0.173. The summed E-state index contributed by atoms with van der Waals surface area (Å²) >= 11 is 0. The third-order valence-corrected chi connectivity index (χ3v) is 2.40. The van der Waals surface area contributed by atoms with Crippen molar-refractivity contribution in [3.63, 3.8) is 0 Å². The maximum Gasteiger partial charge on any atom is 0.129 e. The van der Waals surface area contributed by atoms with E-state index in [0.29, 0.717) is 19.5 Å². The van der Waals surface area contributed by atoms with Gasteiger partial charge < -0.3 is 15.5 Å². The number of hydrogen-bond acceptors (Lipinski definition) is 3. The van der Waals surface area contributed by atoms with E-state index in [1.54, 1.807) is 0 Å². The van der Waals surface area contributed by atoms with E-state index in [9.17, 15) is 5.11 Å². The lowest BCUT2D eigenvalue weighted by atomic mass is 10.2. The minimum Gasteiger partial charge on any atom is -0.395 e. The van der Waals surface area contributed by atoms with Gasteiger partial charge in [0.1, 0.15) is 8.07 Å². The van der Waals surface area contributed by atoms with Gasteiger partial charge in [0.15, 0.2) is 0 Å². The van der Waals surface area contributed by atoms with Crippen LogP contribution in [0.15, 0.2) is 0 Å². The van der Waals surface area contributed by atoms with Crippen LogP contribution in [-0.2, 0) is 0 Å². The third kappa shape index (κ3) is 9.74. The molecule has 1 unspecified atom stereocenters. The van der Waals surface area contributed by atoms with Crippen LogP contribution in [0.3, 0.4) is 0 Å². The predicted octanol–water partition coefficient (Wildman–Crippen LogP) is 0.200. The van der Waals surface area contributed by atoms with E-state index in [1.807, 2.05) is 0 Å². The topological polar surface area (TPSA) is 52.5 Å². The fourth-order valence-corrected chi connectivity index (χ4v) is 1.49. The third-order valence-electron chi connectivity index (χ3n) is 1.47. The summed E-state index contributed by atoms with van der Waals surface area (Å²) in [5.74, 6) is 3.01. The monoisotopic (exact) mass is 215 g/mol. The van der Waals surface area contributed by atoms with Crippen LogP contribution < -0.4 is 5.32 Å². The Morgan fingerprint density at radius 2 is 2.00 bits per heavy atom. The summed E-state index contributed by atoms with van der Waals surface area (Å²) in [6, 6.07) is 0. The fraction of sp³-hybridized carbons (Fsp3) is 0.800. The molecule has 0 fully saturated rings. The molecule has 4 heteroatoms. The number of aliphatic hydroxyl groups excluding tert-OH is 2. The van der Waals surface area contributed by atoms with Crippen LogP contribution in [0, 0.1) is 11.5 Å². The molecule has 0 aromatic rings. The predicted molar refractivity (Wildman–Crippen MR) is 61.7 cm³/mol. The van der Waals surface area contributed by atoms with Gasteiger partial charge in [0.25, 0.3) is 0 Å². The summed E-state index contributed by atoms with van der Waals surface area (Å²) in [6.07, 6.45) is 0.0910. The lowest BCUT2D eigenvalue weighted by Gasteiger charge is -2.08. The second kappa shape index (κ2) is 7.02. The van der Waals surface area contributed by atoms with E-state index in [1.165, 1.54) is 0 Å². The molecule has 0 heterocycles. The van der Waals surface area contributed by atoms with E-state index in [2.05, 4.69) is 36.4 Å². The molecule has 82 valence electrons. The van der Waals surface area contributed by atoms with Crippen LogP contribution in [0.2, 0.25) is 19.6 Å². The fourth-order valence-electron chi connectivity index (χ4n) is 0.854. The molecular formula is C10H21NO2Si. The summed E-state index contributed by atoms with van der Waals surface area (Å²) in [6.45, 7) is 7.66. The molecule has 3 N–H and O–H groups in total. The molecule has 0 rings (SSSR count). The van der Waals surface area contributed by atoms with Crippen molar-refractivity contribution in [3.05, 3.63) is 0 Å². The lowest BCUT2D eigenvalue weighted by Crippen LogP contribution is -2.28. The molecule has 1 atom stereocenters. The quantitative estimate of drug-likeness (QED) is 0.349. The van der Waals surface area contributed by atoms with Crippen LogP contribution in [0.5, 0.6) is 0 Å². The standard InChI is InChI=1S/C10H21NO2Si/c1-14(2,3)8-4-5-10(13)9-11-6-7-12/h10-13H,5-7,9H2,1-3H3. The summed E-state index contributed by atoms with van der Waals surface area (Å²) < 4.78 is 0. The number of rotatable bonds is 5. The van der Waals surface area contributed by atoms with Crippen molar-refractivity contribution >= 4 is 8.07 Å². The highest BCUT2D eigenvalue weighted by Gasteiger charge is 2.07. The van der Waals surface area contributed by atoms with Crippen molar-refractivity contribution in [3.8, 4) is 11.5 Å². The Kier molecular flexibility index (Phi) is 6.84. The number of hydrogen-bond donors (Lipinski definition) is 3. The molecule has 0 radical (unpaired) electrons. The maximum absolute atomic E-state index is 9.44. The van der Waals surface area contributed by atoms with Gasteiger partial charge in [0.05, 0.1) is 12.7 Å². The van der Waals surface area contributed by atoms with Crippen molar-refractivity contribution in [1.29, 1.82) is 0 Å². The van der Waals surface area contributed by atoms with Crippen molar-refractivity contribution in [2.24, 2.45) is 0 Å². The van der Waals surface area contributed by atoms with Gasteiger partial charge in [-0.2, -0.15) is 0 Å². The highest BCUT2D eigenvalue weighted by molar-refractivity contribution is 6.83. The Morgan fingerprint density at radius 3 is 2.50 bits per heavy atom. The van der Waals surface area contributed by atoms with Gasteiger partial charge in [-0.3, -0.25) is 0 Å². The van der Waals surface area contributed by atoms with Crippen molar-refractivity contribution in [1.82, 2.24) is 5.32 Å². The van der Waals surface area contributed by atoms with Crippen molar-refractivity contribution in [2.45, 2.75) is 32.2 Å². The van der Waals surface area contributed by atoms with E-state index in [4.69, 9.17) is 5.11 Å². The normalized spacial score (nSPS) is 13.2. The molecule has 0 saturated carbocycles. The molecular weight excluding hydrogens is 194 g/mol. The summed E-state index contributed by atoms with van der Waals surface area (Å²) in [4.78, 5) is 0. The molecule has 0 saturated heterocycles. The average Bonchev–Trinajstić information content (AvgIpc) is 2.02. The first-order chi connectivity index (χ1) is 6.45. The SMILES string of the molecule is C[Si](C)(C)C#CCC(O)CNCCO. The molecule has 0 aliphatic heterocycles. The Labute approximate surface area is 87.5 Å². The van der Waals surface area contributed by atoms with Gasteiger partial charge in [-0.15, -0.1) is 11.5 Å². The smallest absolute Gasteiger partial charge is 0.129 e. The van der Waals surface area contributed by atoms with E-state index in [-0.39, 0.29) is 6.61 Å². The number of aliphatic hydroxyl groups is 2. The van der Waals surface area contributed by atoms with E-state index in [0.717, 1.165) is 0 Å². The Morgan fingerprint density at radius 1 is 1.36 bits per heavy atom. The zero-order valence-electron chi connectivity index (χ0n) is 9.30. The van der Waals surface area contributed by atoms with Crippen LogP contribution in [0.4, 0.5) is 0 Å². The molecule has 0 aliphatic rings. The second-order valence-electron chi connectivity index (χ2n) is 4.34. The largest absolute Gasteiger partial charge is 0.395 e. The Bertz CT molecular complexity index is 202. The Hall–Kier alpha value is -0.343. The molecule has 0 spiro atoms. The highest BCUT2D eigenvalue weighted by Crippen LogP contribution is 1.97. The zero-order chi connectivity index (χ0) is 11.0. The average molecular weight is 215 g/mol. The van der Waals surface area contributed by atoms with Crippen molar-refractivity contribution < 1.29 is 10.2 Å². The summed E-state index contributed by atoms with van der Waals surface area (Å²) in [5.41, 5.74) is 3.19. The van der Waals surface area contributed by atoms with Crippen LogP contribution in [0.25, 0.3) is 0 Å². The second-order valence-corrected chi connectivity index (χ2v) is 9.09. The highest BCUT2D eigenvalue weighted by atomic mass is 28.3. The Balaban J connectivity index is 3.61. The van der Waals surface area contributed by atoms with Gasteiger partial charge in [-0.1, -0.05) is 19.6 Å². The van der Waals surface area contributed by atoms with E-state index >= 15 is 0 Å². The first kappa shape index (κ1) is 13.7. The van der Waals surface area contributed by atoms with Crippen LogP contribution in [0.1, 0.15) is 6.42 Å². The van der Waals surface area contributed by atoms with Gasteiger partial charge in [0.2, 0.25) is 0 Å². The van der Waals surface area contributed by atoms with Gasteiger partial charge >= 0.3 is 0 Å². The van der Waals surface area contributed by atoms with Gasteiger partial charge in [0, 0.05) is 19.5 Å². The van der Waals surface area contributed by atoms with E-state index < -0.39 is 14.2 Å². The number of nitrogens with one attached hydrogen (secondary N) is 1. The molecule has 3 nitrogen and oxygen atoms in total. The molecule has 0 aliphatic carbocycles. The summed E-state index contributed by atoms with van der Waals surface area (Å²) in [5, 5.41) is 20.9. The van der Waals surface area contributed by atoms with Gasteiger partial charge in [-0.25, -0.2) is 0 Å². The minimum atomic E-state index is -1.29. The first-order valence-corrected chi connectivity index (χ1v) is 8.45. The molecule has 0 aromatic carbocycles.